The summed E-state index contributed by atoms with van der Waals surface area (Å²) in [4.78, 5) is 0. The number of anilines is 1. The lowest BCUT2D eigenvalue weighted by atomic mass is 10.0. The first kappa shape index (κ1) is 12.4. The van der Waals surface area contributed by atoms with Gasteiger partial charge in [-0.1, -0.05) is 12.1 Å². The predicted molar refractivity (Wildman–Crippen MR) is 67.5 cm³/mol. The van der Waals surface area contributed by atoms with E-state index in [4.69, 9.17) is 10.5 Å². The topological polar surface area (TPSA) is 35.2 Å². The van der Waals surface area contributed by atoms with Gasteiger partial charge in [-0.25, -0.2) is 8.78 Å². The van der Waals surface area contributed by atoms with Gasteiger partial charge in [-0.2, -0.15) is 0 Å². The number of aryl methyl sites for hydroxylation is 1. The molecule has 2 N–H and O–H groups in total. The van der Waals surface area contributed by atoms with E-state index in [0.29, 0.717) is 0 Å². The van der Waals surface area contributed by atoms with E-state index in [1.54, 1.807) is 13.0 Å². The lowest BCUT2D eigenvalue weighted by Gasteiger charge is -2.10. The zero-order valence-corrected chi connectivity index (χ0v) is 10.1. The highest BCUT2D eigenvalue weighted by Crippen LogP contribution is 2.34. The summed E-state index contributed by atoms with van der Waals surface area (Å²) in [6.07, 6.45) is 0. The van der Waals surface area contributed by atoms with Crippen LogP contribution >= 0.6 is 0 Å². The molecule has 2 aromatic carbocycles. The van der Waals surface area contributed by atoms with Crippen molar-refractivity contribution < 1.29 is 13.5 Å². The maximum atomic E-state index is 14.0. The molecule has 18 heavy (non-hydrogen) atoms. The molecule has 0 saturated heterocycles. The van der Waals surface area contributed by atoms with Crippen molar-refractivity contribution in [3.63, 3.8) is 0 Å². The first-order chi connectivity index (χ1) is 8.54. The molecule has 4 heteroatoms. The van der Waals surface area contributed by atoms with E-state index in [-0.39, 0.29) is 22.6 Å². The van der Waals surface area contributed by atoms with Gasteiger partial charge >= 0.3 is 0 Å². The van der Waals surface area contributed by atoms with Crippen LogP contribution in [0.3, 0.4) is 0 Å². The van der Waals surface area contributed by atoms with Crippen molar-refractivity contribution in [1.82, 2.24) is 0 Å². The van der Waals surface area contributed by atoms with Crippen molar-refractivity contribution in [3.8, 4) is 16.9 Å². The minimum Gasteiger partial charge on any atom is -0.494 e. The van der Waals surface area contributed by atoms with Gasteiger partial charge in [0, 0.05) is 11.1 Å². The summed E-state index contributed by atoms with van der Waals surface area (Å²) in [7, 11) is 1.40. The number of benzene rings is 2. The second-order valence-electron chi connectivity index (χ2n) is 4.03. The van der Waals surface area contributed by atoms with Crippen LogP contribution in [0.4, 0.5) is 14.5 Å². The Morgan fingerprint density at radius 3 is 2.33 bits per heavy atom. The zero-order valence-electron chi connectivity index (χ0n) is 10.1. The summed E-state index contributed by atoms with van der Waals surface area (Å²) in [5.41, 5.74) is 6.57. The molecule has 0 aromatic heterocycles. The van der Waals surface area contributed by atoms with Gasteiger partial charge < -0.3 is 10.5 Å². The molecule has 2 rings (SSSR count). The van der Waals surface area contributed by atoms with Gasteiger partial charge in [0.25, 0.3) is 0 Å². The molecule has 0 spiro atoms. The lowest BCUT2D eigenvalue weighted by Crippen LogP contribution is -1.99. The Kier molecular flexibility index (Phi) is 3.19. The van der Waals surface area contributed by atoms with Crippen LogP contribution in [0.15, 0.2) is 30.3 Å². The second-order valence-corrected chi connectivity index (χ2v) is 4.03. The molecule has 0 atom stereocenters. The SMILES string of the molecule is COc1ccc(-c2ccc(C)cc2F)c(F)c1N. The van der Waals surface area contributed by atoms with E-state index in [1.165, 1.54) is 31.4 Å². The van der Waals surface area contributed by atoms with E-state index < -0.39 is 11.6 Å². The first-order valence-electron chi connectivity index (χ1n) is 5.43. The molecule has 0 radical (unpaired) electrons. The standard InChI is InChI=1S/C14H13F2NO/c1-8-3-4-9(11(15)7-8)10-5-6-12(18-2)14(17)13(10)16/h3-7H,17H2,1-2H3. The van der Waals surface area contributed by atoms with Crippen LogP contribution in [0.5, 0.6) is 5.75 Å². The summed E-state index contributed by atoms with van der Waals surface area (Å²) >= 11 is 0. The molecule has 0 aliphatic heterocycles. The van der Waals surface area contributed by atoms with Crippen LogP contribution in [0, 0.1) is 18.6 Å². The van der Waals surface area contributed by atoms with Crippen molar-refractivity contribution in [1.29, 1.82) is 0 Å². The van der Waals surface area contributed by atoms with E-state index in [0.717, 1.165) is 5.56 Å². The van der Waals surface area contributed by atoms with Crippen molar-refractivity contribution in [2.45, 2.75) is 6.92 Å². The molecule has 2 aromatic rings. The Morgan fingerprint density at radius 1 is 1.06 bits per heavy atom. The van der Waals surface area contributed by atoms with Crippen molar-refractivity contribution in [2.75, 3.05) is 12.8 Å². The maximum Gasteiger partial charge on any atom is 0.157 e. The van der Waals surface area contributed by atoms with Crippen molar-refractivity contribution >= 4 is 5.69 Å². The third kappa shape index (κ3) is 2.01. The Morgan fingerprint density at radius 2 is 1.72 bits per heavy atom. The maximum absolute atomic E-state index is 14.0. The highest BCUT2D eigenvalue weighted by molar-refractivity contribution is 5.72. The van der Waals surface area contributed by atoms with Gasteiger partial charge in [0.15, 0.2) is 5.82 Å². The number of nitrogens with two attached hydrogens (primary N) is 1. The molecule has 0 saturated carbocycles. The average Bonchev–Trinajstić information content (AvgIpc) is 2.34. The molecule has 0 heterocycles. The van der Waals surface area contributed by atoms with Crippen LogP contribution in [0.25, 0.3) is 11.1 Å². The van der Waals surface area contributed by atoms with E-state index in [1.807, 2.05) is 0 Å². The van der Waals surface area contributed by atoms with E-state index in [2.05, 4.69) is 0 Å². The normalized spacial score (nSPS) is 10.4. The number of halogens is 2. The van der Waals surface area contributed by atoms with Gasteiger partial charge in [0.2, 0.25) is 0 Å². The van der Waals surface area contributed by atoms with Crippen molar-refractivity contribution in [2.24, 2.45) is 0 Å². The fourth-order valence-electron chi connectivity index (χ4n) is 1.80. The predicted octanol–water partition coefficient (Wildman–Crippen LogP) is 3.53. The van der Waals surface area contributed by atoms with Crippen LogP contribution in [0.1, 0.15) is 5.56 Å². The Bertz CT molecular complexity index is 597. The van der Waals surface area contributed by atoms with Gasteiger partial charge in [0.1, 0.15) is 17.3 Å². The molecule has 0 aliphatic rings. The zero-order chi connectivity index (χ0) is 13.3. The fraction of sp³-hybridized carbons (Fsp3) is 0.143. The fourth-order valence-corrected chi connectivity index (χ4v) is 1.80. The van der Waals surface area contributed by atoms with Crippen LogP contribution in [0.2, 0.25) is 0 Å². The van der Waals surface area contributed by atoms with E-state index in [9.17, 15) is 8.78 Å². The minimum atomic E-state index is -0.669. The number of hydrogen-bond donors (Lipinski definition) is 1. The molecular weight excluding hydrogens is 236 g/mol. The lowest BCUT2D eigenvalue weighted by molar-refractivity contribution is 0.414. The number of methoxy groups -OCH3 is 1. The molecule has 0 fully saturated rings. The van der Waals surface area contributed by atoms with Gasteiger partial charge in [-0.05, 0) is 30.7 Å². The Labute approximate surface area is 104 Å². The average molecular weight is 249 g/mol. The summed E-state index contributed by atoms with van der Waals surface area (Å²) in [5, 5.41) is 0. The molecule has 0 bridgehead atoms. The first-order valence-corrected chi connectivity index (χ1v) is 5.43. The summed E-state index contributed by atoms with van der Waals surface area (Å²) in [6.45, 7) is 1.77. The molecule has 94 valence electrons. The van der Waals surface area contributed by atoms with Crippen LogP contribution in [-0.4, -0.2) is 7.11 Å². The smallest absolute Gasteiger partial charge is 0.157 e. The highest BCUT2D eigenvalue weighted by Gasteiger charge is 2.15. The number of rotatable bonds is 2. The molecule has 0 aliphatic carbocycles. The summed E-state index contributed by atoms with van der Waals surface area (Å²) < 4.78 is 32.7. The van der Waals surface area contributed by atoms with Gasteiger partial charge in [0.05, 0.1) is 7.11 Å². The quantitative estimate of drug-likeness (QED) is 0.826. The Hall–Kier alpha value is -2.10. The molecule has 0 unspecified atom stereocenters. The van der Waals surface area contributed by atoms with Crippen LogP contribution < -0.4 is 10.5 Å². The Balaban J connectivity index is 2.61. The van der Waals surface area contributed by atoms with Crippen molar-refractivity contribution in [3.05, 3.63) is 47.5 Å². The second kappa shape index (κ2) is 4.64. The highest BCUT2D eigenvalue weighted by atomic mass is 19.1. The third-order valence-corrected chi connectivity index (χ3v) is 2.77. The van der Waals surface area contributed by atoms with Crippen LogP contribution in [-0.2, 0) is 0 Å². The number of ether oxygens (including phenoxy) is 1. The molecular formula is C14H13F2NO. The molecule has 2 nitrogen and oxygen atoms in total. The minimum absolute atomic E-state index is 0.116. The third-order valence-electron chi connectivity index (χ3n) is 2.77. The largest absolute Gasteiger partial charge is 0.494 e. The van der Waals surface area contributed by atoms with Gasteiger partial charge in [-0.3, -0.25) is 0 Å². The number of nitrogen functional groups attached to an aromatic ring is 1. The summed E-state index contributed by atoms with van der Waals surface area (Å²) in [6, 6.07) is 7.59. The monoisotopic (exact) mass is 249 g/mol. The summed E-state index contributed by atoms with van der Waals surface area (Å²) in [5.74, 6) is -0.903. The molecule has 0 amide bonds. The van der Waals surface area contributed by atoms with Gasteiger partial charge in [-0.15, -0.1) is 0 Å². The number of hydrogen-bond acceptors (Lipinski definition) is 2. The van der Waals surface area contributed by atoms with E-state index >= 15 is 0 Å².